The van der Waals surface area contributed by atoms with Crippen molar-refractivity contribution in [3.8, 4) is 5.75 Å². The van der Waals surface area contributed by atoms with Gasteiger partial charge in [0.25, 0.3) is 10.0 Å². The lowest BCUT2D eigenvalue weighted by molar-refractivity contribution is -0.140. The molecule has 0 bridgehead atoms. The first-order chi connectivity index (χ1) is 23.0. The van der Waals surface area contributed by atoms with Gasteiger partial charge in [0, 0.05) is 23.9 Å². The Morgan fingerprint density at radius 2 is 1.50 bits per heavy atom. The second-order valence-electron chi connectivity index (χ2n) is 11.6. The Bertz CT molecular complexity index is 1730. The SMILES string of the molecule is CCOc1ccc(N(CC(=O)N(Cc2ccc(C)cc2)[C@@H](Cc2ccccc2)C(=O)N[C@H](C)CC)S(=O)(=O)c2ccc(SC)cc2)cc1. The summed E-state index contributed by atoms with van der Waals surface area (Å²) in [5.74, 6) is -0.217. The van der Waals surface area contributed by atoms with Crippen molar-refractivity contribution in [3.05, 3.63) is 120 Å². The number of nitrogens with one attached hydrogen (secondary N) is 1. The maximum atomic E-state index is 14.6. The van der Waals surface area contributed by atoms with Gasteiger partial charge in [0.1, 0.15) is 18.3 Å². The van der Waals surface area contributed by atoms with Gasteiger partial charge in [-0.15, -0.1) is 11.8 Å². The maximum Gasteiger partial charge on any atom is 0.264 e. The van der Waals surface area contributed by atoms with Gasteiger partial charge in [-0.2, -0.15) is 0 Å². The highest BCUT2D eigenvalue weighted by Crippen LogP contribution is 2.28. The molecule has 1 N–H and O–H groups in total. The van der Waals surface area contributed by atoms with E-state index in [1.807, 2.05) is 88.5 Å². The minimum Gasteiger partial charge on any atom is -0.494 e. The Morgan fingerprint density at radius 1 is 0.854 bits per heavy atom. The second kappa shape index (κ2) is 17.2. The third-order valence-corrected chi connectivity index (χ3v) is 10.6. The largest absolute Gasteiger partial charge is 0.494 e. The van der Waals surface area contributed by atoms with Crippen LogP contribution in [0, 0.1) is 6.92 Å². The monoisotopic (exact) mass is 687 g/mol. The minimum absolute atomic E-state index is 0.0578. The van der Waals surface area contributed by atoms with Crippen LogP contribution in [0.15, 0.2) is 113 Å². The molecule has 10 heteroatoms. The number of benzene rings is 4. The van der Waals surface area contributed by atoms with E-state index in [-0.39, 0.29) is 29.8 Å². The maximum absolute atomic E-state index is 14.6. The molecule has 0 fully saturated rings. The van der Waals surface area contributed by atoms with Crippen LogP contribution >= 0.6 is 11.8 Å². The summed E-state index contributed by atoms with van der Waals surface area (Å²) >= 11 is 1.51. The lowest BCUT2D eigenvalue weighted by Gasteiger charge is -2.34. The standard InChI is InChI=1S/C38H45N3O5S2/c1-6-29(4)39-38(43)36(25-30-11-9-8-10-12-30)40(26-31-15-13-28(3)14-16-31)37(42)27-41(32-17-19-33(20-18-32)46-7-2)48(44,45)35-23-21-34(47-5)22-24-35/h8-24,29,36H,6-7,25-27H2,1-5H3,(H,39,43)/t29-,36+/m1/s1. The summed E-state index contributed by atoms with van der Waals surface area (Å²) in [6.07, 6.45) is 2.89. The van der Waals surface area contributed by atoms with Crippen LogP contribution in [-0.4, -0.2) is 56.6 Å². The van der Waals surface area contributed by atoms with E-state index in [1.54, 1.807) is 48.5 Å². The molecule has 4 aromatic carbocycles. The van der Waals surface area contributed by atoms with Crippen LogP contribution in [0.1, 0.15) is 43.9 Å². The van der Waals surface area contributed by atoms with Gasteiger partial charge in [0.05, 0.1) is 17.2 Å². The molecule has 4 rings (SSSR count). The van der Waals surface area contributed by atoms with Crippen molar-refractivity contribution in [2.45, 2.75) is 69.0 Å². The van der Waals surface area contributed by atoms with E-state index in [0.29, 0.717) is 18.0 Å². The van der Waals surface area contributed by atoms with Gasteiger partial charge in [-0.25, -0.2) is 8.42 Å². The molecule has 0 aliphatic rings. The molecule has 0 radical (unpaired) electrons. The molecule has 0 aliphatic heterocycles. The lowest BCUT2D eigenvalue weighted by atomic mass is 10.0. The fourth-order valence-corrected chi connectivity index (χ4v) is 6.99. The van der Waals surface area contributed by atoms with E-state index >= 15 is 0 Å². The number of hydrogen-bond donors (Lipinski definition) is 1. The molecular formula is C38H45N3O5S2. The molecule has 48 heavy (non-hydrogen) atoms. The van der Waals surface area contributed by atoms with Gasteiger partial charge in [0.15, 0.2) is 0 Å². The molecule has 0 spiro atoms. The summed E-state index contributed by atoms with van der Waals surface area (Å²) < 4.78 is 35.3. The summed E-state index contributed by atoms with van der Waals surface area (Å²) in [6, 6.07) is 29.5. The topological polar surface area (TPSA) is 96.0 Å². The Labute approximate surface area is 289 Å². The molecule has 2 atom stereocenters. The molecular weight excluding hydrogens is 643 g/mol. The van der Waals surface area contributed by atoms with Crippen molar-refractivity contribution in [3.63, 3.8) is 0 Å². The third kappa shape index (κ3) is 9.64. The van der Waals surface area contributed by atoms with Crippen LogP contribution < -0.4 is 14.4 Å². The third-order valence-electron chi connectivity index (χ3n) is 8.11. The predicted octanol–water partition coefficient (Wildman–Crippen LogP) is 6.87. The van der Waals surface area contributed by atoms with Gasteiger partial charge in [-0.05, 0) is 93.1 Å². The van der Waals surface area contributed by atoms with Gasteiger partial charge < -0.3 is 15.0 Å². The van der Waals surface area contributed by atoms with E-state index in [0.717, 1.165) is 32.3 Å². The summed E-state index contributed by atoms with van der Waals surface area (Å²) in [5.41, 5.74) is 3.08. The van der Waals surface area contributed by atoms with Gasteiger partial charge in [-0.3, -0.25) is 13.9 Å². The summed E-state index contributed by atoms with van der Waals surface area (Å²) in [7, 11) is -4.20. The molecule has 8 nitrogen and oxygen atoms in total. The van der Waals surface area contributed by atoms with Crippen LogP contribution in [0.4, 0.5) is 5.69 Å². The highest BCUT2D eigenvalue weighted by Gasteiger charge is 2.35. The number of anilines is 1. The first-order valence-electron chi connectivity index (χ1n) is 16.1. The smallest absolute Gasteiger partial charge is 0.264 e. The van der Waals surface area contributed by atoms with E-state index in [2.05, 4.69) is 5.32 Å². The Kier molecular flexibility index (Phi) is 13.1. The highest BCUT2D eigenvalue weighted by molar-refractivity contribution is 7.98. The zero-order valence-electron chi connectivity index (χ0n) is 28.3. The van der Waals surface area contributed by atoms with Crippen molar-refractivity contribution in [2.75, 3.05) is 23.7 Å². The number of carbonyl (C=O) groups is 2. The van der Waals surface area contributed by atoms with Crippen LogP contribution in [0.2, 0.25) is 0 Å². The number of thioether (sulfide) groups is 1. The quantitative estimate of drug-likeness (QED) is 0.129. The number of aryl methyl sites for hydroxylation is 1. The number of nitrogens with zero attached hydrogens (tertiary/aromatic N) is 2. The number of rotatable bonds is 16. The zero-order valence-corrected chi connectivity index (χ0v) is 29.9. The van der Waals surface area contributed by atoms with E-state index in [9.17, 15) is 18.0 Å². The van der Waals surface area contributed by atoms with Gasteiger partial charge in [-0.1, -0.05) is 67.1 Å². The predicted molar refractivity (Wildman–Crippen MR) is 194 cm³/mol. The molecule has 0 unspecified atom stereocenters. The Balaban J connectivity index is 1.80. The van der Waals surface area contributed by atoms with E-state index < -0.39 is 28.5 Å². The Morgan fingerprint density at radius 3 is 2.08 bits per heavy atom. The fraction of sp³-hybridized carbons (Fsp3) is 0.316. The van der Waals surface area contributed by atoms with Crippen LogP contribution in [0.5, 0.6) is 5.75 Å². The summed E-state index contributed by atoms with van der Waals surface area (Å²) in [6.45, 7) is 7.81. The zero-order chi connectivity index (χ0) is 34.7. The summed E-state index contributed by atoms with van der Waals surface area (Å²) in [4.78, 5) is 31.1. The van der Waals surface area contributed by atoms with Gasteiger partial charge >= 0.3 is 0 Å². The van der Waals surface area contributed by atoms with Crippen LogP contribution in [-0.2, 0) is 32.6 Å². The molecule has 2 amide bonds. The number of hydrogen-bond acceptors (Lipinski definition) is 6. The Hall–Kier alpha value is -4.28. The van der Waals surface area contributed by atoms with Crippen molar-refractivity contribution >= 4 is 39.3 Å². The number of sulfonamides is 1. The minimum atomic E-state index is -4.20. The van der Waals surface area contributed by atoms with Crippen LogP contribution in [0.3, 0.4) is 0 Å². The second-order valence-corrected chi connectivity index (χ2v) is 14.4. The van der Waals surface area contributed by atoms with Crippen molar-refractivity contribution < 1.29 is 22.7 Å². The molecule has 254 valence electrons. The van der Waals surface area contributed by atoms with Crippen molar-refractivity contribution in [1.29, 1.82) is 0 Å². The molecule has 0 saturated heterocycles. The van der Waals surface area contributed by atoms with E-state index in [4.69, 9.17) is 4.74 Å². The average Bonchev–Trinajstić information content (AvgIpc) is 3.10. The number of ether oxygens (including phenoxy) is 1. The molecule has 0 aliphatic carbocycles. The first-order valence-corrected chi connectivity index (χ1v) is 18.8. The molecule has 0 saturated carbocycles. The molecule has 4 aromatic rings. The van der Waals surface area contributed by atoms with Crippen molar-refractivity contribution in [1.82, 2.24) is 10.2 Å². The number of carbonyl (C=O) groups excluding carboxylic acids is 2. The number of amides is 2. The first kappa shape index (κ1) is 36.6. The lowest BCUT2D eigenvalue weighted by Crippen LogP contribution is -2.54. The van der Waals surface area contributed by atoms with Crippen LogP contribution in [0.25, 0.3) is 0 Å². The summed E-state index contributed by atoms with van der Waals surface area (Å²) in [5, 5.41) is 3.07. The van der Waals surface area contributed by atoms with E-state index in [1.165, 1.54) is 16.7 Å². The highest BCUT2D eigenvalue weighted by atomic mass is 32.2. The fourth-order valence-electron chi connectivity index (χ4n) is 5.16. The average molecular weight is 688 g/mol. The van der Waals surface area contributed by atoms with Gasteiger partial charge in [0.2, 0.25) is 11.8 Å². The van der Waals surface area contributed by atoms with Crippen molar-refractivity contribution in [2.24, 2.45) is 0 Å². The normalized spacial score (nSPS) is 12.5. The molecule has 0 aromatic heterocycles. The molecule has 0 heterocycles.